The Balaban J connectivity index is 1.94. The van der Waals surface area contributed by atoms with Crippen molar-refractivity contribution in [3.63, 3.8) is 0 Å². The van der Waals surface area contributed by atoms with Crippen molar-refractivity contribution >= 4 is 34.3 Å². The highest BCUT2D eigenvalue weighted by Gasteiger charge is 2.17. The Bertz CT molecular complexity index is 900. The first-order valence-corrected chi connectivity index (χ1v) is 8.19. The van der Waals surface area contributed by atoms with Crippen LogP contribution in [0.4, 0.5) is 5.82 Å². The van der Waals surface area contributed by atoms with Crippen molar-refractivity contribution in [2.75, 3.05) is 11.9 Å². The van der Waals surface area contributed by atoms with Gasteiger partial charge in [0.1, 0.15) is 11.4 Å². The molecule has 128 valence electrons. The van der Waals surface area contributed by atoms with Gasteiger partial charge in [-0.05, 0) is 36.2 Å². The summed E-state index contributed by atoms with van der Waals surface area (Å²) in [4.78, 5) is 16.0. The molecule has 0 saturated heterocycles. The van der Waals surface area contributed by atoms with Gasteiger partial charge in [0.25, 0.3) is 0 Å². The lowest BCUT2D eigenvalue weighted by Crippen LogP contribution is -2.28. The van der Waals surface area contributed by atoms with Crippen molar-refractivity contribution in [2.24, 2.45) is 0 Å². The summed E-state index contributed by atoms with van der Waals surface area (Å²) >= 11 is 5.96. The van der Waals surface area contributed by atoms with Gasteiger partial charge >= 0.3 is 5.97 Å². The lowest BCUT2D eigenvalue weighted by atomic mass is 10.1. The Morgan fingerprint density at radius 2 is 1.92 bits per heavy atom. The van der Waals surface area contributed by atoms with Gasteiger partial charge in [0, 0.05) is 10.4 Å². The van der Waals surface area contributed by atoms with E-state index in [-0.39, 0.29) is 24.0 Å². The highest BCUT2D eigenvalue weighted by molar-refractivity contribution is 6.31. The zero-order valence-electron chi connectivity index (χ0n) is 13.3. The summed E-state index contributed by atoms with van der Waals surface area (Å²) in [6.07, 6.45) is 0.552. The maximum atomic E-state index is 11.6. The van der Waals surface area contributed by atoms with Crippen LogP contribution >= 0.6 is 11.6 Å². The third-order valence-electron chi connectivity index (χ3n) is 3.89. The van der Waals surface area contributed by atoms with Crippen LogP contribution in [0.1, 0.15) is 15.9 Å². The summed E-state index contributed by atoms with van der Waals surface area (Å²) in [7, 11) is 0. The second-order valence-electron chi connectivity index (χ2n) is 5.74. The van der Waals surface area contributed by atoms with Crippen LogP contribution in [0.15, 0.2) is 54.6 Å². The molecule has 0 bridgehead atoms. The zero-order chi connectivity index (χ0) is 17.8. The number of halogens is 1. The number of rotatable bonds is 6. The normalized spacial score (nSPS) is 12.1. The number of fused-ring (bicyclic) bond motifs is 1. The third kappa shape index (κ3) is 4.07. The van der Waals surface area contributed by atoms with Gasteiger partial charge < -0.3 is 15.5 Å². The van der Waals surface area contributed by atoms with Gasteiger partial charge in [-0.2, -0.15) is 0 Å². The van der Waals surface area contributed by atoms with E-state index in [1.54, 1.807) is 18.2 Å². The van der Waals surface area contributed by atoms with Crippen LogP contribution in [0.3, 0.4) is 0 Å². The first-order valence-electron chi connectivity index (χ1n) is 7.81. The number of pyridine rings is 1. The minimum atomic E-state index is -1.09. The van der Waals surface area contributed by atoms with Gasteiger partial charge in [-0.25, -0.2) is 9.78 Å². The molecule has 3 rings (SSSR count). The molecule has 3 N–H and O–H groups in total. The summed E-state index contributed by atoms with van der Waals surface area (Å²) in [5.74, 6) is -0.856. The molecule has 3 aromatic rings. The van der Waals surface area contributed by atoms with Crippen LogP contribution in [0, 0.1) is 0 Å². The lowest BCUT2D eigenvalue weighted by molar-refractivity contribution is 0.0697. The minimum absolute atomic E-state index is 0.0429. The Morgan fingerprint density at radius 3 is 2.60 bits per heavy atom. The first kappa shape index (κ1) is 17.2. The highest BCUT2D eigenvalue weighted by Crippen LogP contribution is 2.24. The number of anilines is 1. The molecule has 0 amide bonds. The van der Waals surface area contributed by atoms with E-state index >= 15 is 0 Å². The van der Waals surface area contributed by atoms with Crippen LogP contribution in [-0.2, 0) is 6.42 Å². The molecule has 25 heavy (non-hydrogen) atoms. The van der Waals surface area contributed by atoms with Crippen molar-refractivity contribution in [2.45, 2.75) is 12.5 Å². The summed E-state index contributed by atoms with van der Waals surface area (Å²) in [6.45, 7) is -0.145. The molecule has 6 heteroatoms. The highest BCUT2D eigenvalue weighted by atomic mass is 35.5. The topological polar surface area (TPSA) is 82.5 Å². The predicted octanol–water partition coefficient (Wildman–Crippen LogP) is 3.60. The fourth-order valence-corrected chi connectivity index (χ4v) is 2.85. The Morgan fingerprint density at radius 1 is 1.16 bits per heavy atom. The van der Waals surface area contributed by atoms with Crippen molar-refractivity contribution < 1.29 is 15.0 Å². The Labute approximate surface area is 149 Å². The van der Waals surface area contributed by atoms with Gasteiger partial charge in [0.2, 0.25) is 0 Å². The van der Waals surface area contributed by atoms with Gasteiger partial charge in [-0.1, -0.05) is 41.9 Å². The van der Waals surface area contributed by atoms with E-state index in [1.165, 1.54) is 6.07 Å². The number of nitrogens with zero attached hydrogens (tertiary/aromatic N) is 1. The van der Waals surface area contributed by atoms with Crippen LogP contribution in [0.5, 0.6) is 0 Å². The standard InChI is InChI=1S/C19H17ClN2O3/c20-14-6-7-17-13(9-14)10-16(19(24)25)18(22-17)21-15(11-23)8-12-4-2-1-3-5-12/h1-7,9-10,15,23H,8,11H2,(H,21,22)(H,24,25). The van der Waals surface area contributed by atoms with Crippen molar-refractivity contribution in [1.82, 2.24) is 4.98 Å². The predicted molar refractivity (Wildman–Crippen MR) is 98.4 cm³/mol. The average molecular weight is 357 g/mol. The molecule has 0 spiro atoms. The van der Waals surface area contributed by atoms with Gasteiger partial charge in [-0.3, -0.25) is 0 Å². The largest absolute Gasteiger partial charge is 0.478 e. The molecule has 1 atom stereocenters. The number of aromatic nitrogens is 1. The minimum Gasteiger partial charge on any atom is -0.478 e. The van der Waals surface area contributed by atoms with E-state index in [2.05, 4.69) is 10.3 Å². The van der Waals surface area contributed by atoms with Gasteiger partial charge in [0.15, 0.2) is 0 Å². The summed E-state index contributed by atoms with van der Waals surface area (Å²) < 4.78 is 0. The molecular weight excluding hydrogens is 340 g/mol. The number of hydrogen-bond acceptors (Lipinski definition) is 4. The monoisotopic (exact) mass is 356 g/mol. The average Bonchev–Trinajstić information content (AvgIpc) is 2.61. The molecule has 1 unspecified atom stereocenters. The SMILES string of the molecule is O=C(O)c1cc2cc(Cl)ccc2nc1NC(CO)Cc1ccccc1. The van der Waals surface area contributed by atoms with Crippen LogP contribution in [0.2, 0.25) is 5.02 Å². The molecule has 0 aliphatic rings. The smallest absolute Gasteiger partial charge is 0.339 e. The second kappa shape index (κ2) is 7.51. The number of aromatic carboxylic acids is 1. The number of carbonyl (C=O) groups is 1. The number of benzene rings is 2. The van der Waals surface area contributed by atoms with E-state index in [0.717, 1.165) is 5.56 Å². The van der Waals surface area contributed by atoms with Crippen LogP contribution in [-0.4, -0.2) is 33.8 Å². The summed E-state index contributed by atoms with van der Waals surface area (Å²) in [6, 6.07) is 16.0. The lowest BCUT2D eigenvalue weighted by Gasteiger charge is -2.19. The number of hydrogen-bond donors (Lipinski definition) is 3. The zero-order valence-corrected chi connectivity index (χ0v) is 14.1. The number of carboxylic acids is 1. The van der Waals surface area contributed by atoms with Crippen molar-refractivity contribution in [3.05, 3.63) is 70.7 Å². The maximum absolute atomic E-state index is 11.6. The Hall–Kier alpha value is -2.63. The molecule has 1 heterocycles. The molecular formula is C19H17ClN2O3. The van der Waals surface area contributed by atoms with Crippen molar-refractivity contribution in [1.29, 1.82) is 0 Å². The molecule has 1 aromatic heterocycles. The number of nitrogens with one attached hydrogen (secondary N) is 1. The Kier molecular flexibility index (Phi) is 5.16. The van der Waals surface area contributed by atoms with Crippen LogP contribution < -0.4 is 5.32 Å². The molecule has 0 aliphatic heterocycles. The molecule has 2 aromatic carbocycles. The fourth-order valence-electron chi connectivity index (χ4n) is 2.67. The van der Waals surface area contributed by atoms with E-state index in [1.807, 2.05) is 30.3 Å². The third-order valence-corrected chi connectivity index (χ3v) is 4.13. The molecule has 0 fully saturated rings. The second-order valence-corrected chi connectivity index (χ2v) is 6.18. The first-order chi connectivity index (χ1) is 12.1. The van der Waals surface area contributed by atoms with E-state index in [9.17, 15) is 15.0 Å². The maximum Gasteiger partial charge on any atom is 0.339 e. The van der Waals surface area contributed by atoms with Crippen molar-refractivity contribution in [3.8, 4) is 0 Å². The summed E-state index contributed by atoms with van der Waals surface area (Å²) in [5, 5.41) is 23.4. The molecule has 0 aliphatic carbocycles. The van der Waals surface area contributed by atoms with E-state index in [4.69, 9.17) is 11.6 Å². The van der Waals surface area contributed by atoms with Gasteiger partial charge in [0.05, 0.1) is 18.2 Å². The van der Waals surface area contributed by atoms with Gasteiger partial charge in [-0.15, -0.1) is 0 Å². The van der Waals surface area contributed by atoms with E-state index < -0.39 is 5.97 Å². The molecule has 0 radical (unpaired) electrons. The van der Waals surface area contributed by atoms with Crippen LogP contribution in [0.25, 0.3) is 10.9 Å². The number of carboxylic acid groups (broad SMARTS) is 1. The fraction of sp³-hybridized carbons (Fsp3) is 0.158. The van der Waals surface area contributed by atoms with E-state index in [0.29, 0.717) is 22.3 Å². The number of aliphatic hydroxyl groups excluding tert-OH is 1. The molecule has 0 saturated carbocycles. The quantitative estimate of drug-likeness (QED) is 0.628. The molecule has 5 nitrogen and oxygen atoms in total. The summed E-state index contributed by atoms with van der Waals surface area (Å²) in [5.41, 5.74) is 1.72. The number of aliphatic hydroxyl groups is 1.